The molecule has 5 nitrogen and oxygen atoms in total. The van der Waals surface area contributed by atoms with E-state index < -0.39 is 12.4 Å². The molecule has 0 aliphatic rings. The van der Waals surface area contributed by atoms with E-state index in [2.05, 4.69) is 9.72 Å². The van der Waals surface area contributed by atoms with Crippen molar-refractivity contribution in [3.63, 3.8) is 0 Å². The topological polar surface area (TPSA) is 62.4 Å². The number of halogens is 3. The van der Waals surface area contributed by atoms with Gasteiger partial charge in [-0.3, -0.25) is 14.5 Å². The summed E-state index contributed by atoms with van der Waals surface area (Å²) >= 11 is 0. The van der Waals surface area contributed by atoms with E-state index in [1.165, 1.54) is 31.2 Å². The SMILES string of the molecule is CC(=O)c1c(C)[nH]c(C(=O)C(C)N(C)Cc2ccc(OC(F)(F)F)cc2)c1C. The zero-order chi connectivity index (χ0) is 21.2. The fraction of sp³-hybridized carbons (Fsp3) is 0.400. The van der Waals surface area contributed by atoms with Crippen molar-refractivity contribution < 1.29 is 27.5 Å². The van der Waals surface area contributed by atoms with Gasteiger partial charge in [0, 0.05) is 17.8 Å². The minimum atomic E-state index is -4.73. The van der Waals surface area contributed by atoms with Gasteiger partial charge >= 0.3 is 6.36 Å². The van der Waals surface area contributed by atoms with Gasteiger partial charge in [0.1, 0.15) is 5.75 Å². The molecule has 1 atom stereocenters. The number of aromatic nitrogens is 1. The molecule has 8 heteroatoms. The van der Waals surface area contributed by atoms with Crippen molar-refractivity contribution in [3.05, 3.63) is 52.3 Å². The molecule has 0 radical (unpaired) electrons. The van der Waals surface area contributed by atoms with Gasteiger partial charge in [0.05, 0.1) is 11.7 Å². The predicted molar refractivity (Wildman–Crippen MR) is 98.7 cm³/mol. The van der Waals surface area contributed by atoms with Crippen molar-refractivity contribution in [2.24, 2.45) is 0 Å². The summed E-state index contributed by atoms with van der Waals surface area (Å²) in [6.45, 7) is 7.04. The summed E-state index contributed by atoms with van der Waals surface area (Å²) in [5.41, 5.74) is 2.95. The Kier molecular flexibility index (Phi) is 6.34. The molecule has 1 aromatic carbocycles. The fourth-order valence-corrected chi connectivity index (χ4v) is 3.15. The first-order chi connectivity index (χ1) is 12.9. The third kappa shape index (κ3) is 5.01. The van der Waals surface area contributed by atoms with Crippen LogP contribution in [0.5, 0.6) is 5.75 Å². The maximum Gasteiger partial charge on any atom is 0.573 e. The second-order valence-corrected chi connectivity index (χ2v) is 6.83. The van der Waals surface area contributed by atoms with E-state index in [1.54, 1.807) is 32.7 Å². The molecule has 0 amide bonds. The third-order valence-corrected chi connectivity index (χ3v) is 4.67. The Morgan fingerprint density at radius 2 is 1.75 bits per heavy atom. The van der Waals surface area contributed by atoms with Gasteiger partial charge in [-0.15, -0.1) is 13.2 Å². The number of likely N-dealkylation sites (N-methyl/N-ethyl adjacent to an activating group) is 1. The van der Waals surface area contributed by atoms with Gasteiger partial charge in [0.25, 0.3) is 0 Å². The van der Waals surface area contributed by atoms with Gasteiger partial charge in [0.15, 0.2) is 11.6 Å². The molecule has 1 N–H and O–H groups in total. The average molecular weight is 396 g/mol. The number of rotatable bonds is 7. The highest BCUT2D eigenvalue weighted by atomic mass is 19.4. The Morgan fingerprint density at radius 3 is 2.21 bits per heavy atom. The van der Waals surface area contributed by atoms with Crippen molar-refractivity contribution in [1.82, 2.24) is 9.88 Å². The molecule has 0 spiro atoms. The summed E-state index contributed by atoms with van der Waals surface area (Å²) in [5, 5.41) is 0. The van der Waals surface area contributed by atoms with Crippen LogP contribution in [0.3, 0.4) is 0 Å². The average Bonchev–Trinajstić information content (AvgIpc) is 2.88. The van der Waals surface area contributed by atoms with Crippen LogP contribution < -0.4 is 4.74 Å². The number of ketones is 2. The number of carbonyl (C=O) groups is 2. The molecule has 2 rings (SSSR count). The summed E-state index contributed by atoms with van der Waals surface area (Å²) in [5.74, 6) is -0.558. The van der Waals surface area contributed by atoms with E-state index in [0.29, 0.717) is 29.1 Å². The molecule has 0 aliphatic heterocycles. The number of aryl methyl sites for hydroxylation is 1. The van der Waals surface area contributed by atoms with Crippen LogP contribution in [0.15, 0.2) is 24.3 Å². The van der Waals surface area contributed by atoms with Crippen LogP contribution in [-0.4, -0.2) is 40.9 Å². The number of ether oxygens (including phenoxy) is 1. The lowest BCUT2D eigenvalue weighted by Crippen LogP contribution is -2.36. The zero-order valence-corrected chi connectivity index (χ0v) is 16.4. The summed E-state index contributed by atoms with van der Waals surface area (Å²) in [7, 11) is 1.75. The second kappa shape index (κ2) is 8.18. The molecule has 0 fully saturated rings. The number of benzene rings is 1. The Balaban J connectivity index is 2.10. The monoisotopic (exact) mass is 396 g/mol. The molecule has 0 bridgehead atoms. The lowest BCUT2D eigenvalue weighted by Gasteiger charge is -2.23. The van der Waals surface area contributed by atoms with E-state index >= 15 is 0 Å². The van der Waals surface area contributed by atoms with Gasteiger partial charge in [-0.25, -0.2) is 0 Å². The summed E-state index contributed by atoms with van der Waals surface area (Å²) in [6.07, 6.45) is -4.73. The zero-order valence-electron chi connectivity index (χ0n) is 16.4. The first-order valence-electron chi connectivity index (χ1n) is 8.70. The Morgan fingerprint density at radius 1 is 1.18 bits per heavy atom. The van der Waals surface area contributed by atoms with E-state index in [1.807, 2.05) is 0 Å². The largest absolute Gasteiger partial charge is 0.573 e. The number of nitrogens with one attached hydrogen (secondary N) is 1. The Hall–Kier alpha value is -2.61. The smallest absolute Gasteiger partial charge is 0.406 e. The van der Waals surface area contributed by atoms with Crippen molar-refractivity contribution >= 4 is 11.6 Å². The third-order valence-electron chi connectivity index (χ3n) is 4.67. The van der Waals surface area contributed by atoms with Crippen LogP contribution in [0.4, 0.5) is 13.2 Å². The summed E-state index contributed by atoms with van der Waals surface area (Å²) in [6, 6.07) is 5.02. The number of nitrogens with zero attached hydrogens (tertiary/aromatic N) is 1. The van der Waals surface area contributed by atoms with Gasteiger partial charge in [-0.1, -0.05) is 12.1 Å². The van der Waals surface area contributed by atoms with Crippen LogP contribution in [0.1, 0.15) is 51.5 Å². The molecule has 2 aromatic rings. The Bertz CT molecular complexity index is 870. The standard InChI is InChI=1S/C20H23F3N2O3/c1-11-17(14(4)26)12(2)24-18(11)19(27)13(3)25(5)10-15-6-8-16(9-7-15)28-20(21,22)23/h6-9,13,24H,10H2,1-5H3. The molecule has 1 unspecified atom stereocenters. The number of alkyl halides is 3. The van der Waals surface area contributed by atoms with Gasteiger partial charge < -0.3 is 9.72 Å². The van der Waals surface area contributed by atoms with Crippen LogP contribution in [0.25, 0.3) is 0 Å². The molecule has 152 valence electrons. The van der Waals surface area contributed by atoms with Gasteiger partial charge in [-0.2, -0.15) is 0 Å². The molecular formula is C20H23F3N2O3. The van der Waals surface area contributed by atoms with E-state index in [-0.39, 0.29) is 17.3 Å². The van der Waals surface area contributed by atoms with E-state index in [4.69, 9.17) is 0 Å². The fourth-order valence-electron chi connectivity index (χ4n) is 3.15. The minimum absolute atomic E-state index is 0.104. The second-order valence-electron chi connectivity index (χ2n) is 6.83. The molecule has 0 aliphatic carbocycles. The minimum Gasteiger partial charge on any atom is -0.406 e. The Labute approximate surface area is 161 Å². The predicted octanol–water partition coefficient (Wildman–Crippen LogP) is 4.44. The molecule has 0 saturated carbocycles. The number of hydrogen-bond donors (Lipinski definition) is 1. The van der Waals surface area contributed by atoms with Gasteiger partial charge in [0.2, 0.25) is 0 Å². The van der Waals surface area contributed by atoms with E-state index in [0.717, 1.165) is 5.56 Å². The van der Waals surface area contributed by atoms with E-state index in [9.17, 15) is 22.8 Å². The van der Waals surface area contributed by atoms with Crippen molar-refractivity contribution in [2.75, 3.05) is 7.05 Å². The maximum absolute atomic E-state index is 12.9. The first kappa shape index (κ1) is 21.7. The van der Waals surface area contributed by atoms with Gasteiger partial charge in [-0.05, 0) is 58.0 Å². The highest BCUT2D eigenvalue weighted by Gasteiger charge is 2.31. The molecule has 1 heterocycles. The van der Waals surface area contributed by atoms with Crippen LogP contribution in [0.2, 0.25) is 0 Å². The van der Waals surface area contributed by atoms with Crippen molar-refractivity contribution in [1.29, 1.82) is 0 Å². The number of aromatic amines is 1. The molecule has 0 saturated heterocycles. The van der Waals surface area contributed by atoms with Crippen LogP contribution in [-0.2, 0) is 6.54 Å². The number of H-pyrrole nitrogens is 1. The van der Waals surface area contributed by atoms with Crippen LogP contribution >= 0.6 is 0 Å². The molecule has 1 aromatic heterocycles. The number of hydrogen-bond acceptors (Lipinski definition) is 4. The number of Topliss-reactive ketones (excluding diaryl/α,β-unsaturated/α-hetero) is 2. The quantitative estimate of drug-likeness (QED) is 0.703. The normalized spacial score (nSPS) is 12.9. The lowest BCUT2D eigenvalue weighted by atomic mass is 10.0. The summed E-state index contributed by atoms with van der Waals surface area (Å²) in [4.78, 5) is 29.4. The number of carbonyl (C=O) groups excluding carboxylic acids is 2. The van der Waals surface area contributed by atoms with Crippen LogP contribution in [0, 0.1) is 13.8 Å². The highest BCUT2D eigenvalue weighted by molar-refractivity contribution is 6.05. The van der Waals surface area contributed by atoms with Crippen molar-refractivity contribution in [2.45, 2.75) is 46.6 Å². The first-order valence-corrected chi connectivity index (χ1v) is 8.70. The summed E-state index contributed by atoms with van der Waals surface area (Å²) < 4.78 is 40.5. The molecular weight excluding hydrogens is 373 g/mol. The molecule has 28 heavy (non-hydrogen) atoms. The maximum atomic E-state index is 12.9. The highest BCUT2D eigenvalue weighted by Crippen LogP contribution is 2.24. The lowest BCUT2D eigenvalue weighted by molar-refractivity contribution is -0.274. The van der Waals surface area contributed by atoms with Crippen molar-refractivity contribution in [3.8, 4) is 5.75 Å².